The first-order chi connectivity index (χ1) is 9.38. The van der Waals surface area contributed by atoms with Crippen LogP contribution < -0.4 is 4.74 Å². The van der Waals surface area contributed by atoms with Crippen LogP contribution in [-0.4, -0.2) is 7.11 Å². The van der Waals surface area contributed by atoms with Gasteiger partial charge in [-0.2, -0.15) is 11.3 Å². The van der Waals surface area contributed by atoms with E-state index in [-0.39, 0.29) is 0 Å². The summed E-state index contributed by atoms with van der Waals surface area (Å²) in [5.74, 6) is 0.889. The highest BCUT2D eigenvalue weighted by molar-refractivity contribution is 7.08. The summed E-state index contributed by atoms with van der Waals surface area (Å²) in [7, 11) is 1.69. The normalized spacial score (nSPS) is 10.4. The second-order valence-electron chi connectivity index (χ2n) is 4.29. The topological polar surface area (TPSA) is 9.23 Å². The van der Waals surface area contributed by atoms with Crippen molar-refractivity contribution in [1.82, 2.24) is 0 Å². The maximum absolute atomic E-state index is 5.20. The molecule has 1 nitrogen and oxygen atoms in total. The Bertz CT molecular complexity index is 653. The second-order valence-corrected chi connectivity index (χ2v) is 5.04. The molecule has 0 fully saturated rings. The molecular formula is C17H14OS. The number of hydrogen-bond donors (Lipinski definition) is 0. The summed E-state index contributed by atoms with van der Waals surface area (Å²) < 4.78 is 5.20. The van der Waals surface area contributed by atoms with Crippen LogP contribution >= 0.6 is 11.3 Å². The lowest BCUT2D eigenvalue weighted by Crippen LogP contribution is -1.83. The molecule has 94 valence electrons. The molecule has 3 rings (SSSR count). The lowest BCUT2D eigenvalue weighted by Gasteiger charge is -2.06. The third kappa shape index (κ3) is 2.40. The van der Waals surface area contributed by atoms with Gasteiger partial charge < -0.3 is 4.74 Å². The number of methoxy groups -OCH3 is 1. The van der Waals surface area contributed by atoms with E-state index in [1.807, 2.05) is 18.2 Å². The van der Waals surface area contributed by atoms with Crippen molar-refractivity contribution in [3.63, 3.8) is 0 Å². The first-order valence-electron chi connectivity index (χ1n) is 6.14. The van der Waals surface area contributed by atoms with E-state index < -0.39 is 0 Å². The van der Waals surface area contributed by atoms with Gasteiger partial charge in [0.05, 0.1) is 7.11 Å². The highest BCUT2D eigenvalue weighted by atomic mass is 32.1. The zero-order valence-corrected chi connectivity index (χ0v) is 11.5. The first kappa shape index (κ1) is 12.0. The Hall–Kier alpha value is -2.06. The summed E-state index contributed by atoms with van der Waals surface area (Å²) >= 11 is 1.73. The van der Waals surface area contributed by atoms with Crippen LogP contribution in [0.25, 0.3) is 22.3 Å². The molecule has 0 saturated carbocycles. The van der Waals surface area contributed by atoms with Crippen molar-refractivity contribution < 1.29 is 4.74 Å². The van der Waals surface area contributed by atoms with Gasteiger partial charge in [-0.1, -0.05) is 42.5 Å². The minimum atomic E-state index is 0.889. The standard InChI is InChI=1S/C17H14OS/c1-18-15-9-7-14(8-10-15)17-12-19-11-16(17)13-5-3-2-4-6-13/h2-12H,1H3. The minimum Gasteiger partial charge on any atom is -0.497 e. The van der Waals surface area contributed by atoms with Gasteiger partial charge in [-0.15, -0.1) is 0 Å². The smallest absolute Gasteiger partial charge is 0.118 e. The summed E-state index contributed by atoms with van der Waals surface area (Å²) in [5, 5.41) is 4.40. The molecule has 0 aliphatic rings. The third-order valence-electron chi connectivity index (χ3n) is 3.15. The van der Waals surface area contributed by atoms with Crippen LogP contribution in [0.3, 0.4) is 0 Å². The van der Waals surface area contributed by atoms with Gasteiger partial charge in [0.25, 0.3) is 0 Å². The van der Waals surface area contributed by atoms with Gasteiger partial charge in [-0.05, 0) is 34.0 Å². The van der Waals surface area contributed by atoms with E-state index in [9.17, 15) is 0 Å². The van der Waals surface area contributed by atoms with Crippen LogP contribution in [0.1, 0.15) is 0 Å². The zero-order valence-electron chi connectivity index (χ0n) is 10.7. The average molecular weight is 266 g/mol. The van der Waals surface area contributed by atoms with Crippen molar-refractivity contribution in [3.05, 3.63) is 65.4 Å². The van der Waals surface area contributed by atoms with Gasteiger partial charge in [0, 0.05) is 11.1 Å². The maximum Gasteiger partial charge on any atom is 0.118 e. The molecule has 1 heterocycles. The van der Waals surface area contributed by atoms with Crippen molar-refractivity contribution in [1.29, 1.82) is 0 Å². The molecule has 2 aromatic carbocycles. The molecule has 1 aromatic heterocycles. The predicted molar refractivity (Wildman–Crippen MR) is 81.7 cm³/mol. The van der Waals surface area contributed by atoms with Crippen LogP contribution in [0.4, 0.5) is 0 Å². The number of rotatable bonds is 3. The molecule has 3 aromatic rings. The first-order valence-corrected chi connectivity index (χ1v) is 7.09. The molecule has 0 amide bonds. The molecule has 0 radical (unpaired) electrons. The van der Waals surface area contributed by atoms with Crippen molar-refractivity contribution in [2.75, 3.05) is 7.11 Å². The fourth-order valence-corrected chi connectivity index (χ4v) is 3.00. The molecule has 0 bridgehead atoms. The van der Waals surface area contributed by atoms with E-state index in [2.05, 4.69) is 47.2 Å². The quantitative estimate of drug-likeness (QED) is 0.641. The maximum atomic E-state index is 5.20. The monoisotopic (exact) mass is 266 g/mol. The number of thiophene rings is 1. The van der Waals surface area contributed by atoms with Gasteiger partial charge in [0.15, 0.2) is 0 Å². The summed E-state index contributed by atoms with van der Waals surface area (Å²) in [6.45, 7) is 0. The summed E-state index contributed by atoms with van der Waals surface area (Å²) in [6, 6.07) is 18.7. The molecule has 0 unspecified atom stereocenters. The van der Waals surface area contributed by atoms with Crippen molar-refractivity contribution >= 4 is 11.3 Å². The fourth-order valence-electron chi connectivity index (χ4n) is 2.13. The zero-order chi connectivity index (χ0) is 13.1. The highest BCUT2D eigenvalue weighted by Crippen LogP contribution is 2.35. The van der Waals surface area contributed by atoms with Crippen molar-refractivity contribution in [3.8, 4) is 28.0 Å². The van der Waals surface area contributed by atoms with Gasteiger partial charge in [0.1, 0.15) is 5.75 Å². The minimum absolute atomic E-state index is 0.889. The summed E-state index contributed by atoms with van der Waals surface area (Å²) in [6.07, 6.45) is 0. The van der Waals surface area contributed by atoms with E-state index in [0.717, 1.165) is 5.75 Å². The van der Waals surface area contributed by atoms with E-state index >= 15 is 0 Å². The van der Waals surface area contributed by atoms with Gasteiger partial charge >= 0.3 is 0 Å². The summed E-state index contributed by atoms with van der Waals surface area (Å²) in [4.78, 5) is 0. The predicted octanol–water partition coefficient (Wildman–Crippen LogP) is 5.09. The van der Waals surface area contributed by atoms with Crippen LogP contribution in [0.15, 0.2) is 65.4 Å². The Morgan fingerprint density at radius 2 is 1.32 bits per heavy atom. The molecule has 0 saturated heterocycles. The average Bonchev–Trinajstić information content (AvgIpc) is 2.98. The number of benzene rings is 2. The molecule has 0 aliphatic heterocycles. The fraction of sp³-hybridized carbons (Fsp3) is 0.0588. The van der Waals surface area contributed by atoms with Gasteiger partial charge in [-0.25, -0.2) is 0 Å². The Kier molecular flexibility index (Phi) is 3.34. The van der Waals surface area contributed by atoms with Crippen LogP contribution in [0.5, 0.6) is 5.75 Å². The van der Waals surface area contributed by atoms with E-state index in [0.29, 0.717) is 0 Å². The van der Waals surface area contributed by atoms with Crippen LogP contribution in [-0.2, 0) is 0 Å². The largest absolute Gasteiger partial charge is 0.497 e. The van der Waals surface area contributed by atoms with Crippen molar-refractivity contribution in [2.24, 2.45) is 0 Å². The molecule has 0 atom stereocenters. The van der Waals surface area contributed by atoms with E-state index in [4.69, 9.17) is 4.74 Å². The van der Waals surface area contributed by atoms with Gasteiger partial charge in [-0.3, -0.25) is 0 Å². The molecule has 0 spiro atoms. The van der Waals surface area contributed by atoms with Crippen LogP contribution in [0.2, 0.25) is 0 Å². The Labute approximate surface area is 117 Å². The lowest BCUT2D eigenvalue weighted by molar-refractivity contribution is 0.415. The SMILES string of the molecule is COc1ccc(-c2cscc2-c2ccccc2)cc1. The molecule has 19 heavy (non-hydrogen) atoms. The second kappa shape index (κ2) is 5.29. The van der Waals surface area contributed by atoms with Gasteiger partial charge in [0.2, 0.25) is 0 Å². The van der Waals surface area contributed by atoms with Crippen LogP contribution in [0, 0.1) is 0 Å². The lowest BCUT2D eigenvalue weighted by atomic mass is 9.99. The highest BCUT2D eigenvalue weighted by Gasteiger charge is 2.08. The van der Waals surface area contributed by atoms with Crippen molar-refractivity contribution in [2.45, 2.75) is 0 Å². The Balaban J connectivity index is 2.04. The summed E-state index contributed by atoms with van der Waals surface area (Å²) in [5.41, 5.74) is 5.05. The molecule has 0 N–H and O–H groups in total. The Morgan fingerprint density at radius 3 is 1.89 bits per heavy atom. The molecule has 0 aliphatic carbocycles. The van der Waals surface area contributed by atoms with E-state index in [1.165, 1.54) is 22.3 Å². The Morgan fingerprint density at radius 1 is 0.737 bits per heavy atom. The number of hydrogen-bond acceptors (Lipinski definition) is 2. The number of ether oxygens (including phenoxy) is 1. The molecule has 2 heteroatoms. The third-order valence-corrected chi connectivity index (χ3v) is 3.89. The molecular weight excluding hydrogens is 252 g/mol. The van der Waals surface area contributed by atoms with E-state index in [1.54, 1.807) is 18.4 Å².